The Hall–Kier alpha value is 0.806. The summed E-state index contributed by atoms with van der Waals surface area (Å²) in [5.74, 6) is -1.68. The van der Waals surface area contributed by atoms with Crippen LogP contribution >= 0.6 is 17.0 Å². The molecule has 0 heterocycles. The van der Waals surface area contributed by atoms with Crippen molar-refractivity contribution in [1.29, 1.82) is 0 Å². The summed E-state index contributed by atoms with van der Waals surface area (Å²) in [6.07, 6.45) is 0. The molecule has 1 rings (SSSR count). The molecule has 0 nitrogen and oxygen atoms in total. The molecule has 58 valence electrons. The van der Waals surface area contributed by atoms with Gasteiger partial charge in [0.1, 0.15) is 0 Å². The molecule has 0 saturated heterocycles. The van der Waals surface area contributed by atoms with Gasteiger partial charge in [-0.1, -0.05) is 0 Å². The van der Waals surface area contributed by atoms with Crippen LogP contribution in [0.2, 0.25) is 0 Å². The average Bonchev–Trinajstić information content (AvgIpc) is 1.77. The minimum atomic E-state index is -0.854. The van der Waals surface area contributed by atoms with Gasteiger partial charge in [-0.05, 0) is 0 Å². The fourth-order valence-corrected chi connectivity index (χ4v) is 0.391. The van der Waals surface area contributed by atoms with Gasteiger partial charge in [-0.2, -0.15) is 12.1 Å². The first-order valence-corrected chi connectivity index (χ1v) is 2.12. The Morgan fingerprint density at radius 2 is 1.73 bits per heavy atom. The number of halogens is 4. The van der Waals surface area contributed by atoms with Gasteiger partial charge in [-0.3, -0.25) is 4.39 Å². The Bertz CT molecular complexity index is 175. The number of hydrogen-bond acceptors (Lipinski definition) is 0. The van der Waals surface area contributed by atoms with Gasteiger partial charge < -0.3 is 17.0 Å². The van der Waals surface area contributed by atoms with E-state index < -0.39 is 11.6 Å². The Morgan fingerprint density at radius 1 is 1.18 bits per heavy atom. The van der Waals surface area contributed by atoms with Crippen LogP contribution in [-0.4, -0.2) is 23.1 Å². The summed E-state index contributed by atoms with van der Waals surface area (Å²) in [7, 11) is 0. The van der Waals surface area contributed by atoms with Crippen LogP contribution in [0.3, 0.4) is 0 Å². The van der Waals surface area contributed by atoms with Crippen LogP contribution in [0.25, 0.3) is 0 Å². The smallest absolute Gasteiger partial charge is 1.00 e. The van der Waals surface area contributed by atoms with Crippen LogP contribution in [0.15, 0.2) is 18.2 Å². The Kier molecular flexibility index (Phi) is 14.4. The minimum absolute atomic E-state index is 0. The van der Waals surface area contributed by atoms with E-state index in [1.807, 2.05) is 0 Å². The van der Waals surface area contributed by atoms with E-state index in [2.05, 4.69) is 6.07 Å². The molecular formula is C6H4Br2F2Mg. The zero-order chi connectivity index (χ0) is 5.98. The van der Waals surface area contributed by atoms with E-state index in [1.165, 1.54) is 6.07 Å². The van der Waals surface area contributed by atoms with E-state index in [4.69, 9.17) is 0 Å². The molecule has 1 aromatic rings. The normalized spacial score (nSPS) is 6.73. The first kappa shape index (κ1) is 17.8. The first-order valence-electron chi connectivity index (χ1n) is 2.12. The molecule has 0 amide bonds. The third kappa shape index (κ3) is 6.01. The van der Waals surface area contributed by atoms with Gasteiger partial charge in [0.2, 0.25) is 0 Å². The quantitative estimate of drug-likeness (QED) is 0.424. The van der Waals surface area contributed by atoms with Gasteiger partial charge in [0.25, 0.3) is 0 Å². The molecular weight excluding hydrogens is 294 g/mol. The monoisotopic (exact) mass is 296 g/mol. The molecule has 0 aliphatic rings. The van der Waals surface area contributed by atoms with Crippen LogP contribution < -0.4 is 17.0 Å². The summed E-state index contributed by atoms with van der Waals surface area (Å²) in [5, 5.41) is 0. The molecule has 0 aliphatic heterocycles. The van der Waals surface area contributed by atoms with Crippen LogP contribution in [0, 0.1) is 17.7 Å². The van der Waals surface area contributed by atoms with Crippen molar-refractivity contribution in [3.05, 3.63) is 35.9 Å². The summed E-state index contributed by atoms with van der Waals surface area (Å²) in [5.41, 5.74) is 0. The molecule has 1 aromatic carbocycles. The minimum Gasteiger partial charge on any atom is -1.00 e. The van der Waals surface area contributed by atoms with Gasteiger partial charge in [0.05, 0.1) is 0 Å². The largest absolute Gasteiger partial charge is 2.00 e. The maximum absolute atomic E-state index is 11.9. The van der Waals surface area contributed by atoms with Crippen molar-refractivity contribution in [2.45, 2.75) is 0 Å². The predicted molar refractivity (Wildman–Crippen MR) is 41.3 cm³/mol. The van der Waals surface area contributed by atoms with Gasteiger partial charge >= 0.3 is 23.1 Å². The van der Waals surface area contributed by atoms with E-state index in [1.54, 1.807) is 0 Å². The van der Waals surface area contributed by atoms with Gasteiger partial charge in [-0.15, -0.1) is 29.1 Å². The molecule has 0 N–H and O–H groups in total. The molecule has 0 radical (unpaired) electrons. The fourth-order valence-electron chi connectivity index (χ4n) is 0.391. The molecule has 0 unspecified atom stereocenters. The molecule has 0 bridgehead atoms. The van der Waals surface area contributed by atoms with Crippen molar-refractivity contribution >= 4 is 40.0 Å². The Labute approximate surface area is 101 Å². The standard InChI is InChI=1S/C6H3F2.2BrH.Mg/c7-5-3-1-2-4-6(5)8;;;/h1,3-4H;2*1H;/q-1;;;+2/p-1. The maximum Gasteiger partial charge on any atom is 2.00 e. The fraction of sp³-hybridized carbons (Fsp3) is 0. The van der Waals surface area contributed by atoms with Gasteiger partial charge in [-0.25, -0.2) is 4.39 Å². The van der Waals surface area contributed by atoms with Crippen LogP contribution in [0.1, 0.15) is 0 Å². The van der Waals surface area contributed by atoms with E-state index in [0.29, 0.717) is 0 Å². The Morgan fingerprint density at radius 3 is 2.00 bits per heavy atom. The second-order valence-corrected chi connectivity index (χ2v) is 1.34. The summed E-state index contributed by atoms with van der Waals surface area (Å²) in [4.78, 5) is 0. The van der Waals surface area contributed by atoms with Crippen LogP contribution in [0.5, 0.6) is 0 Å². The first-order chi connectivity index (χ1) is 3.80. The summed E-state index contributed by atoms with van der Waals surface area (Å²) in [6.45, 7) is 0. The summed E-state index contributed by atoms with van der Waals surface area (Å²) in [6, 6.07) is 5.68. The van der Waals surface area contributed by atoms with Crippen molar-refractivity contribution in [3.63, 3.8) is 0 Å². The van der Waals surface area contributed by atoms with Crippen LogP contribution in [0.4, 0.5) is 8.78 Å². The van der Waals surface area contributed by atoms with Gasteiger partial charge in [0.15, 0.2) is 0 Å². The third-order valence-electron chi connectivity index (χ3n) is 0.764. The Balaban J connectivity index is -0.000000213. The van der Waals surface area contributed by atoms with E-state index >= 15 is 0 Å². The topological polar surface area (TPSA) is 0 Å². The van der Waals surface area contributed by atoms with E-state index in [-0.39, 0.29) is 57.0 Å². The zero-order valence-electron chi connectivity index (χ0n) is 5.48. The molecule has 0 fully saturated rings. The molecule has 0 spiro atoms. The molecule has 0 aliphatic carbocycles. The average molecular weight is 298 g/mol. The van der Waals surface area contributed by atoms with Crippen molar-refractivity contribution in [2.24, 2.45) is 0 Å². The predicted octanol–water partition coefficient (Wildman–Crippen LogP) is -1.03. The van der Waals surface area contributed by atoms with Crippen molar-refractivity contribution in [1.82, 2.24) is 0 Å². The molecule has 5 heteroatoms. The number of rotatable bonds is 0. The van der Waals surface area contributed by atoms with Gasteiger partial charge in [0, 0.05) is 11.6 Å². The van der Waals surface area contributed by atoms with Crippen LogP contribution in [-0.2, 0) is 0 Å². The molecule has 0 saturated carbocycles. The summed E-state index contributed by atoms with van der Waals surface area (Å²) < 4.78 is 23.8. The van der Waals surface area contributed by atoms with Crippen molar-refractivity contribution in [2.75, 3.05) is 0 Å². The van der Waals surface area contributed by atoms with Crippen molar-refractivity contribution < 1.29 is 25.8 Å². The SMILES string of the molecule is Br.Fc1c[c-]ccc1F.[Br-].[Mg+2]. The molecule has 0 aromatic heterocycles. The van der Waals surface area contributed by atoms with Crippen molar-refractivity contribution in [3.8, 4) is 0 Å². The number of hydrogen-bond donors (Lipinski definition) is 0. The molecule has 0 atom stereocenters. The summed E-state index contributed by atoms with van der Waals surface area (Å²) >= 11 is 0. The zero-order valence-corrected chi connectivity index (χ0v) is 10.2. The maximum atomic E-state index is 11.9. The number of benzene rings is 1. The molecule has 11 heavy (non-hydrogen) atoms. The second-order valence-electron chi connectivity index (χ2n) is 1.34. The van der Waals surface area contributed by atoms with E-state index in [0.717, 1.165) is 12.1 Å². The van der Waals surface area contributed by atoms with E-state index in [9.17, 15) is 8.78 Å². The second kappa shape index (κ2) is 8.90. The third-order valence-corrected chi connectivity index (χ3v) is 0.764.